The molecule has 0 unspecified atom stereocenters. The van der Waals surface area contributed by atoms with E-state index >= 15 is 0 Å². The van der Waals surface area contributed by atoms with E-state index in [2.05, 4.69) is 9.64 Å². The van der Waals surface area contributed by atoms with Gasteiger partial charge in [0.25, 0.3) is 0 Å². The van der Waals surface area contributed by atoms with Crippen molar-refractivity contribution in [2.75, 3.05) is 33.9 Å². The number of hydrogen-bond acceptors (Lipinski definition) is 4. The van der Waals surface area contributed by atoms with Crippen molar-refractivity contribution in [1.29, 1.82) is 0 Å². The molecule has 0 aromatic carbocycles. The summed E-state index contributed by atoms with van der Waals surface area (Å²) in [5.41, 5.74) is 0. The van der Waals surface area contributed by atoms with Gasteiger partial charge in [-0.05, 0) is 13.5 Å². The van der Waals surface area contributed by atoms with Gasteiger partial charge < -0.3 is 9.47 Å². The lowest BCUT2D eigenvalue weighted by Gasteiger charge is -2.20. The third kappa shape index (κ3) is 3.47. The molecular weight excluding hydrogens is 182 g/mol. The summed E-state index contributed by atoms with van der Waals surface area (Å²) >= 11 is 0. The van der Waals surface area contributed by atoms with Crippen molar-refractivity contribution >= 4 is 5.97 Å². The Morgan fingerprint density at radius 1 is 1.71 bits per heavy atom. The molecule has 4 heteroatoms. The number of esters is 1. The van der Waals surface area contributed by atoms with Crippen LogP contribution in [0.3, 0.4) is 0 Å². The predicted molar refractivity (Wildman–Crippen MR) is 53.0 cm³/mol. The normalized spacial score (nSPS) is 22.1. The highest BCUT2D eigenvalue weighted by atomic mass is 16.5. The van der Waals surface area contributed by atoms with Crippen LogP contribution in [0.5, 0.6) is 0 Å². The predicted octanol–water partition coefficient (Wildman–Crippen LogP) is 0.436. The van der Waals surface area contributed by atoms with Gasteiger partial charge >= 0.3 is 5.97 Å². The maximum atomic E-state index is 10.8. The minimum Gasteiger partial charge on any atom is -0.466 e. The molecule has 1 aliphatic heterocycles. The van der Waals surface area contributed by atoms with Gasteiger partial charge in [0.05, 0.1) is 13.7 Å². The van der Waals surface area contributed by atoms with E-state index in [4.69, 9.17) is 4.74 Å². The van der Waals surface area contributed by atoms with Gasteiger partial charge in [-0.1, -0.05) is 6.08 Å². The molecule has 4 nitrogen and oxygen atoms in total. The number of hydrogen-bond donors (Lipinski definition) is 0. The van der Waals surface area contributed by atoms with Gasteiger partial charge in [0.15, 0.2) is 0 Å². The second-order valence-corrected chi connectivity index (χ2v) is 3.38. The minimum atomic E-state index is -0.305. The molecule has 0 spiro atoms. The van der Waals surface area contributed by atoms with Crippen LogP contribution in [0.25, 0.3) is 0 Å². The topological polar surface area (TPSA) is 38.8 Å². The van der Waals surface area contributed by atoms with Gasteiger partial charge in [-0.3, -0.25) is 4.90 Å². The van der Waals surface area contributed by atoms with Gasteiger partial charge in [-0.25, -0.2) is 4.79 Å². The van der Waals surface area contributed by atoms with E-state index < -0.39 is 0 Å². The molecule has 80 valence electrons. The Morgan fingerprint density at radius 3 is 3.07 bits per heavy atom. The van der Waals surface area contributed by atoms with Crippen molar-refractivity contribution in [2.24, 2.45) is 0 Å². The Bertz CT molecular complexity index is 209. The van der Waals surface area contributed by atoms with Gasteiger partial charge in [0.1, 0.15) is 0 Å². The van der Waals surface area contributed by atoms with Crippen LogP contribution in [0, 0.1) is 0 Å². The first kappa shape index (κ1) is 11.2. The first-order valence-corrected chi connectivity index (χ1v) is 4.76. The molecule has 0 radical (unpaired) electrons. The third-order valence-corrected chi connectivity index (χ3v) is 2.38. The zero-order chi connectivity index (χ0) is 10.4. The molecule has 0 saturated carbocycles. The van der Waals surface area contributed by atoms with E-state index in [1.54, 1.807) is 0 Å². The molecule has 1 fully saturated rings. The van der Waals surface area contributed by atoms with Crippen LogP contribution in [0.4, 0.5) is 0 Å². The SMILES string of the molecule is COC(=O)C=CCN(C)[C@H]1CCOC1. The number of rotatable bonds is 4. The molecule has 1 aliphatic rings. The van der Waals surface area contributed by atoms with Gasteiger partial charge in [-0.2, -0.15) is 0 Å². The second-order valence-electron chi connectivity index (χ2n) is 3.38. The molecule has 1 rings (SSSR count). The van der Waals surface area contributed by atoms with Crippen LogP contribution in [0.2, 0.25) is 0 Å². The lowest BCUT2D eigenvalue weighted by molar-refractivity contribution is -0.134. The maximum absolute atomic E-state index is 10.8. The summed E-state index contributed by atoms with van der Waals surface area (Å²) in [5, 5.41) is 0. The van der Waals surface area contributed by atoms with Crippen molar-refractivity contribution in [3.63, 3.8) is 0 Å². The largest absolute Gasteiger partial charge is 0.466 e. The first-order valence-electron chi connectivity index (χ1n) is 4.76. The quantitative estimate of drug-likeness (QED) is 0.486. The van der Waals surface area contributed by atoms with Crippen molar-refractivity contribution < 1.29 is 14.3 Å². The lowest BCUT2D eigenvalue weighted by atomic mass is 10.2. The summed E-state index contributed by atoms with van der Waals surface area (Å²) in [4.78, 5) is 12.9. The number of ether oxygens (including phenoxy) is 2. The summed E-state index contributed by atoms with van der Waals surface area (Å²) in [6.45, 7) is 2.39. The van der Waals surface area contributed by atoms with Crippen molar-refractivity contribution in [2.45, 2.75) is 12.5 Å². The first-order chi connectivity index (χ1) is 6.74. The molecule has 0 aromatic heterocycles. The lowest BCUT2D eigenvalue weighted by Crippen LogP contribution is -2.32. The molecular formula is C10H17NO3. The monoisotopic (exact) mass is 199 g/mol. The zero-order valence-corrected chi connectivity index (χ0v) is 8.73. The van der Waals surface area contributed by atoms with E-state index in [9.17, 15) is 4.79 Å². The Balaban J connectivity index is 2.22. The van der Waals surface area contributed by atoms with Crippen LogP contribution < -0.4 is 0 Å². The molecule has 1 saturated heterocycles. The summed E-state index contributed by atoms with van der Waals surface area (Å²) in [5.74, 6) is -0.305. The molecule has 14 heavy (non-hydrogen) atoms. The van der Waals surface area contributed by atoms with Crippen LogP contribution in [0.1, 0.15) is 6.42 Å². The van der Waals surface area contributed by atoms with Crippen molar-refractivity contribution in [3.05, 3.63) is 12.2 Å². The van der Waals surface area contributed by atoms with Gasteiger partial charge in [0.2, 0.25) is 0 Å². The van der Waals surface area contributed by atoms with E-state index in [0.717, 1.165) is 26.2 Å². The molecule has 1 atom stereocenters. The fraction of sp³-hybridized carbons (Fsp3) is 0.700. The van der Waals surface area contributed by atoms with E-state index in [0.29, 0.717) is 6.04 Å². The average molecular weight is 199 g/mol. The van der Waals surface area contributed by atoms with E-state index in [1.165, 1.54) is 13.2 Å². The Labute approximate surface area is 84.5 Å². The van der Waals surface area contributed by atoms with Gasteiger partial charge in [0, 0.05) is 25.3 Å². The highest BCUT2D eigenvalue weighted by molar-refractivity contribution is 5.81. The van der Waals surface area contributed by atoms with Crippen LogP contribution in [-0.2, 0) is 14.3 Å². The zero-order valence-electron chi connectivity index (χ0n) is 8.73. The molecule has 0 aliphatic carbocycles. The minimum absolute atomic E-state index is 0.305. The summed E-state index contributed by atoms with van der Waals surface area (Å²) in [6, 6.07) is 0.484. The number of likely N-dealkylation sites (N-methyl/N-ethyl adjacent to an activating group) is 1. The smallest absolute Gasteiger partial charge is 0.330 e. The summed E-state index contributed by atoms with van der Waals surface area (Å²) in [7, 11) is 3.40. The van der Waals surface area contributed by atoms with Crippen LogP contribution >= 0.6 is 0 Å². The Hall–Kier alpha value is -0.870. The van der Waals surface area contributed by atoms with E-state index in [-0.39, 0.29) is 5.97 Å². The van der Waals surface area contributed by atoms with Gasteiger partial charge in [-0.15, -0.1) is 0 Å². The summed E-state index contributed by atoms with van der Waals surface area (Å²) < 4.78 is 9.76. The highest BCUT2D eigenvalue weighted by Gasteiger charge is 2.18. The fourth-order valence-corrected chi connectivity index (χ4v) is 1.40. The maximum Gasteiger partial charge on any atom is 0.330 e. The van der Waals surface area contributed by atoms with Crippen LogP contribution in [-0.4, -0.2) is 50.8 Å². The average Bonchev–Trinajstić information content (AvgIpc) is 2.70. The standard InChI is InChI=1S/C10H17NO3/c1-11(9-5-7-14-8-9)6-3-4-10(12)13-2/h3-4,9H,5-8H2,1-2H3/t9-/m0/s1. The molecule has 0 N–H and O–H groups in total. The van der Waals surface area contributed by atoms with Crippen molar-refractivity contribution in [3.8, 4) is 0 Å². The number of methoxy groups -OCH3 is 1. The number of carbonyl (C=O) groups excluding carboxylic acids is 1. The van der Waals surface area contributed by atoms with E-state index in [1.807, 2.05) is 13.1 Å². The second kappa shape index (κ2) is 5.78. The third-order valence-electron chi connectivity index (χ3n) is 2.38. The molecule has 1 heterocycles. The highest BCUT2D eigenvalue weighted by Crippen LogP contribution is 2.09. The Kier molecular flexibility index (Phi) is 4.62. The van der Waals surface area contributed by atoms with Crippen LogP contribution in [0.15, 0.2) is 12.2 Å². The number of nitrogens with zero attached hydrogens (tertiary/aromatic N) is 1. The fourth-order valence-electron chi connectivity index (χ4n) is 1.40. The summed E-state index contributed by atoms with van der Waals surface area (Å²) in [6.07, 6.45) is 4.33. The van der Waals surface area contributed by atoms with Crippen molar-refractivity contribution in [1.82, 2.24) is 4.90 Å². The molecule has 0 amide bonds. The Morgan fingerprint density at radius 2 is 2.50 bits per heavy atom. The number of carbonyl (C=O) groups is 1. The molecule has 0 aromatic rings. The molecule has 0 bridgehead atoms.